The van der Waals surface area contributed by atoms with E-state index in [2.05, 4.69) is 5.32 Å². The number of fused-ring (bicyclic) bond motifs is 1. The van der Waals surface area contributed by atoms with Crippen LogP contribution in [0, 0.1) is 0 Å². The average Bonchev–Trinajstić information content (AvgIpc) is 2.60. The SMILES string of the molecule is O=C(Cc1cccc2ccccc12)NC(C(=O)O)c1ccccc1. The van der Waals surface area contributed by atoms with E-state index in [9.17, 15) is 14.7 Å². The number of carboxylic acid groups (broad SMARTS) is 1. The van der Waals surface area contributed by atoms with E-state index >= 15 is 0 Å². The molecule has 0 spiro atoms. The van der Waals surface area contributed by atoms with Gasteiger partial charge in [-0.3, -0.25) is 4.79 Å². The van der Waals surface area contributed by atoms with Crippen LogP contribution >= 0.6 is 0 Å². The Balaban J connectivity index is 1.80. The smallest absolute Gasteiger partial charge is 0.330 e. The summed E-state index contributed by atoms with van der Waals surface area (Å²) in [5.74, 6) is -1.39. The molecule has 0 aliphatic carbocycles. The third kappa shape index (κ3) is 3.43. The summed E-state index contributed by atoms with van der Waals surface area (Å²) >= 11 is 0. The number of aliphatic carboxylic acids is 1. The van der Waals surface area contributed by atoms with Crippen LogP contribution in [0.1, 0.15) is 17.2 Å². The third-order valence-corrected chi connectivity index (χ3v) is 3.92. The molecule has 0 saturated carbocycles. The molecule has 24 heavy (non-hydrogen) atoms. The molecular weight excluding hydrogens is 302 g/mol. The zero-order chi connectivity index (χ0) is 16.9. The first-order valence-corrected chi connectivity index (χ1v) is 7.69. The Hall–Kier alpha value is -3.14. The van der Waals surface area contributed by atoms with Crippen LogP contribution < -0.4 is 5.32 Å². The molecule has 3 aromatic carbocycles. The van der Waals surface area contributed by atoms with E-state index in [1.807, 2.05) is 42.5 Å². The van der Waals surface area contributed by atoms with Crippen molar-refractivity contribution in [2.75, 3.05) is 0 Å². The topological polar surface area (TPSA) is 66.4 Å². The zero-order valence-corrected chi connectivity index (χ0v) is 13.0. The van der Waals surface area contributed by atoms with Crippen LogP contribution in [0.3, 0.4) is 0 Å². The summed E-state index contributed by atoms with van der Waals surface area (Å²) in [5.41, 5.74) is 1.43. The Morgan fingerprint density at radius 1 is 0.875 bits per heavy atom. The maximum absolute atomic E-state index is 12.4. The maximum Gasteiger partial charge on any atom is 0.330 e. The predicted octanol–water partition coefficient (Wildman–Crippen LogP) is 3.32. The molecule has 4 nitrogen and oxygen atoms in total. The second-order valence-electron chi connectivity index (χ2n) is 5.56. The van der Waals surface area contributed by atoms with Gasteiger partial charge in [0, 0.05) is 0 Å². The molecular formula is C20H17NO3. The molecule has 3 aromatic rings. The molecule has 4 heteroatoms. The lowest BCUT2D eigenvalue weighted by atomic mass is 10.0. The van der Waals surface area contributed by atoms with Gasteiger partial charge in [-0.05, 0) is 21.9 Å². The summed E-state index contributed by atoms with van der Waals surface area (Å²) in [6.45, 7) is 0. The minimum Gasteiger partial charge on any atom is -0.479 e. The Labute approximate surface area is 139 Å². The highest BCUT2D eigenvalue weighted by Crippen LogP contribution is 2.19. The first-order chi connectivity index (χ1) is 11.6. The van der Waals surface area contributed by atoms with Crippen molar-refractivity contribution < 1.29 is 14.7 Å². The van der Waals surface area contributed by atoms with E-state index in [0.29, 0.717) is 5.56 Å². The molecule has 0 aliphatic rings. The zero-order valence-electron chi connectivity index (χ0n) is 13.0. The molecule has 0 bridgehead atoms. The third-order valence-electron chi connectivity index (χ3n) is 3.92. The first-order valence-electron chi connectivity index (χ1n) is 7.69. The van der Waals surface area contributed by atoms with Gasteiger partial charge in [-0.25, -0.2) is 4.79 Å². The van der Waals surface area contributed by atoms with Crippen molar-refractivity contribution in [1.29, 1.82) is 0 Å². The highest BCUT2D eigenvalue weighted by Gasteiger charge is 2.22. The highest BCUT2D eigenvalue weighted by molar-refractivity contribution is 5.91. The first kappa shape index (κ1) is 15.7. The van der Waals surface area contributed by atoms with Gasteiger partial charge in [0.05, 0.1) is 6.42 Å². The van der Waals surface area contributed by atoms with E-state index in [1.54, 1.807) is 30.3 Å². The molecule has 0 aromatic heterocycles. The fourth-order valence-corrected chi connectivity index (χ4v) is 2.76. The van der Waals surface area contributed by atoms with Crippen LogP contribution in [0.2, 0.25) is 0 Å². The quantitative estimate of drug-likeness (QED) is 0.758. The second kappa shape index (κ2) is 6.96. The van der Waals surface area contributed by atoms with Crippen molar-refractivity contribution in [2.24, 2.45) is 0 Å². The second-order valence-corrected chi connectivity index (χ2v) is 5.56. The lowest BCUT2D eigenvalue weighted by molar-refractivity contribution is -0.141. The summed E-state index contributed by atoms with van der Waals surface area (Å²) in [6, 6.07) is 21.2. The predicted molar refractivity (Wildman–Crippen MR) is 92.6 cm³/mol. The largest absolute Gasteiger partial charge is 0.479 e. The molecule has 2 N–H and O–H groups in total. The number of benzene rings is 3. The summed E-state index contributed by atoms with van der Waals surface area (Å²) in [4.78, 5) is 23.9. The van der Waals surface area contributed by atoms with Crippen LogP contribution in [-0.2, 0) is 16.0 Å². The molecule has 1 unspecified atom stereocenters. The maximum atomic E-state index is 12.4. The van der Waals surface area contributed by atoms with Gasteiger partial charge in [-0.1, -0.05) is 72.8 Å². The monoisotopic (exact) mass is 319 g/mol. The van der Waals surface area contributed by atoms with Crippen LogP contribution in [0.15, 0.2) is 72.8 Å². The Morgan fingerprint density at radius 3 is 2.29 bits per heavy atom. The molecule has 0 saturated heterocycles. The molecule has 0 aliphatic heterocycles. The summed E-state index contributed by atoms with van der Waals surface area (Å²) in [7, 11) is 0. The number of carbonyl (C=O) groups is 2. The van der Waals surface area contributed by atoms with E-state index in [4.69, 9.17) is 0 Å². The molecule has 3 rings (SSSR count). The number of carbonyl (C=O) groups excluding carboxylic acids is 1. The molecule has 0 heterocycles. The van der Waals surface area contributed by atoms with Crippen molar-refractivity contribution in [2.45, 2.75) is 12.5 Å². The van der Waals surface area contributed by atoms with Crippen molar-refractivity contribution in [3.05, 3.63) is 83.9 Å². The molecule has 120 valence electrons. The van der Waals surface area contributed by atoms with Crippen molar-refractivity contribution in [1.82, 2.24) is 5.32 Å². The minimum absolute atomic E-state index is 0.137. The minimum atomic E-state index is -1.08. The van der Waals surface area contributed by atoms with Gasteiger partial charge in [0.25, 0.3) is 0 Å². The van der Waals surface area contributed by atoms with Gasteiger partial charge < -0.3 is 10.4 Å². The number of amides is 1. The number of carboxylic acids is 1. The molecule has 1 atom stereocenters. The summed E-state index contributed by atoms with van der Waals surface area (Å²) in [5, 5.41) is 14.1. The van der Waals surface area contributed by atoms with E-state index in [-0.39, 0.29) is 12.3 Å². The summed E-state index contributed by atoms with van der Waals surface area (Å²) in [6.07, 6.45) is 0.137. The van der Waals surface area contributed by atoms with Crippen LogP contribution in [-0.4, -0.2) is 17.0 Å². The molecule has 0 fully saturated rings. The van der Waals surface area contributed by atoms with Crippen LogP contribution in [0.25, 0.3) is 10.8 Å². The Bertz CT molecular complexity index is 869. The number of hydrogen-bond donors (Lipinski definition) is 2. The van der Waals surface area contributed by atoms with Gasteiger partial charge in [-0.2, -0.15) is 0 Å². The normalized spacial score (nSPS) is 11.8. The number of nitrogens with one attached hydrogen (secondary N) is 1. The van der Waals surface area contributed by atoms with E-state index in [0.717, 1.165) is 16.3 Å². The summed E-state index contributed by atoms with van der Waals surface area (Å²) < 4.78 is 0. The fourth-order valence-electron chi connectivity index (χ4n) is 2.76. The van der Waals surface area contributed by atoms with E-state index in [1.165, 1.54) is 0 Å². The lowest BCUT2D eigenvalue weighted by Crippen LogP contribution is -2.34. The Morgan fingerprint density at radius 2 is 1.54 bits per heavy atom. The van der Waals surface area contributed by atoms with Crippen LogP contribution in [0.4, 0.5) is 0 Å². The fraction of sp³-hybridized carbons (Fsp3) is 0.100. The molecule has 0 radical (unpaired) electrons. The van der Waals surface area contributed by atoms with E-state index < -0.39 is 12.0 Å². The molecule has 1 amide bonds. The number of rotatable bonds is 5. The standard InChI is InChI=1S/C20H17NO3/c22-18(21-19(20(23)24)15-8-2-1-3-9-15)13-16-11-6-10-14-7-4-5-12-17(14)16/h1-12,19H,13H2,(H,21,22)(H,23,24). The van der Waals surface area contributed by atoms with Gasteiger partial charge in [0.15, 0.2) is 6.04 Å². The van der Waals surface area contributed by atoms with Crippen molar-refractivity contribution in [3.8, 4) is 0 Å². The average molecular weight is 319 g/mol. The number of hydrogen-bond acceptors (Lipinski definition) is 2. The van der Waals surface area contributed by atoms with Gasteiger partial charge in [-0.15, -0.1) is 0 Å². The van der Waals surface area contributed by atoms with Gasteiger partial charge in [0.1, 0.15) is 0 Å². The Kier molecular flexibility index (Phi) is 4.57. The highest BCUT2D eigenvalue weighted by atomic mass is 16.4. The van der Waals surface area contributed by atoms with Crippen molar-refractivity contribution >= 4 is 22.6 Å². The van der Waals surface area contributed by atoms with Gasteiger partial charge in [0.2, 0.25) is 5.91 Å². The van der Waals surface area contributed by atoms with Crippen LogP contribution in [0.5, 0.6) is 0 Å². The van der Waals surface area contributed by atoms with Crippen molar-refractivity contribution in [3.63, 3.8) is 0 Å². The van der Waals surface area contributed by atoms with Gasteiger partial charge >= 0.3 is 5.97 Å². The lowest BCUT2D eigenvalue weighted by Gasteiger charge is -2.15.